The van der Waals surface area contributed by atoms with Crippen LogP contribution in [0.1, 0.15) is 75.3 Å². The summed E-state index contributed by atoms with van der Waals surface area (Å²) < 4.78 is 55.6. The van der Waals surface area contributed by atoms with Crippen molar-refractivity contribution in [2.75, 3.05) is 0 Å². The van der Waals surface area contributed by atoms with E-state index < -0.39 is 40.3 Å². The van der Waals surface area contributed by atoms with Crippen LogP contribution in [0.5, 0.6) is 0 Å². The van der Waals surface area contributed by atoms with Crippen LogP contribution in [0.4, 0.5) is 17.6 Å². The molecule has 0 aliphatic heterocycles. The average Bonchev–Trinajstić information content (AvgIpc) is 2.55. The van der Waals surface area contributed by atoms with Crippen molar-refractivity contribution < 1.29 is 17.6 Å². The second-order valence-corrected chi connectivity index (χ2v) is 6.37. The Morgan fingerprint density at radius 1 is 0.913 bits per heavy atom. The number of unbranched alkanes of at least 4 members (excludes halogenated alkanes) is 2. The zero-order valence-electron chi connectivity index (χ0n) is 13.3. The first-order valence-electron chi connectivity index (χ1n) is 8.27. The Labute approximate surface area is 134 Å². The smallest absolute Gasteiger partial charge is 0.180 e. The molecule has 1 aromatic carbocycles. The number of hydrogen-bond acceptors (Lipinski definition) is 1. The molecule has 0 spiro atoms. The molecule has 0 N–H and O–H groups in total. The molecule has 1 aliphatic carbocycles. The van der Waals surface area contributed by atoms with Gasteiger partial charge in [-0.25, -0.2) is 17.6 Å². The Hall–Kier alpha value is -1.57. The van der Waals surface area contributed by atoms with Gasteiger partial charge in [-0.3, -0.25) is 0 Å². The van der Waals surface area contributed by atoms with Crippen molar-refractivity contribution in [2.24, 2.45) is 5.92 Å². The minimum atomic E-state index is -1.58. The van der Waals surface area contributed by atoms with Crippen molar-refractivity contribution >= 4 is 0 Å². The highest BCUT2D eigenvalue weighted by atomic mass is 19.2. The van der Waals surface area contributed by atoms with E-state index in [9.17, 15) is 17.6 Å². The van der Waals surface area contributed by atoms with Crippen molar-refractivity contribution in [3.63, 3.8) is 0 Å². The molecule has 0 aromatic heterocycles. The molecular formula is C18H21F4N. The Balaban J connectivity index is 2.14. The van der Waals surface area contributed by atoms with Crippen molar-refractivity contribution in [1.82, 2.24) is 0 Å². The molecule has 1 aromatic rings. The summed E-state index contributed by atoms with van der Waals surface area (Å²) in [4.78, 5) is 0. The fourth-order valence-corrected chi connectivity index (χ4v) is 3.53. The summed E-state index contributed by atoms with van der Waals surface area (Å²) in [7, 11) is 0. The SMILES string of the molecule is CCCCC[C@H]1CC[C@H](c2c(F)c(F)c(C#N)c(F)c2F)CC1. The molecule has 0 amide bonds. The molecule has 0 radical (unpaired) electrons. The summed E-state index contributed by atoms with van der Waals surface area (Å²) in [6, 6.07) is 1.18. The molecule has 0 heterocycles. The van der Waals surface area contributed by atoms with Crippen LogP contribution in [0, 0.1) is 40.5 Å². The second-order valence-electron chi connectivity index (χ2n) is 6.37. The molecule has 1 nitrogen and oxygen atoms in total. The van der Waals surface area contributed by atoms with Gasteiger partial charge in [0.1, 0.15) is 11.6 Å². The minimum Gasteiger partial charge on any atom is -0.203 e. The highest BCUT2D eigenvalue weighted by Gasteiger charge is 2.32. The highest BCUT2D eigenvalue weighted by molar-refractivity contribution is 5.39. The fourth-order valence-electron chi connectivity index (χ4n) is 3.53. The molecule has 23 heavy (non-hydrogen) atoms. The van der Waals surface area contributed by atoms with Gasteiger partial charge in [0, 0.05) is 5.56 Å². The molecule has 0 unspecified atom stereocenters. The monoisotopic (exact) mass is 327 g/mol. The van der Waals surface area contributed by atoms with Crippen LogP contribution in [0.15, 0.2) is 0 Å². The quantitative estimate of drug-likeness (QED) is 0.371. The van der Waals surface area contributed by atoms with E-state index in [0.717, 1.165) is 32.1 Å². The Kier molecular flexibility index (Phi) is 6.04. The van der Waals surface area contributed by atoms with Gasteiger partial charge in [0.25, 0.3) is 0 Å². The predicted octanol–water partition coefficient (Wildman–Crippen LogP) is 5.97. The summed E-state index contributed by atoms with van der Waals surface area (Å²) >= 11 is 0. The van der Waals surface area contributed by atoms with Crippen LogP contribution in [0.25, 0.3) is 0 Å². The second kappa shape index (κ2) is 7.81. The normalized spacial score (nSPS) is 21.2. The molecule has 5 heteroatoms. The number of nitriles is 1. The van der Waals surface area contributed by atoms with Gasteiger partial charge < -0.3 is 0 Å². The molecule has 0 saturated heterocycles. The van der Waals surface area contributed by atoms with Crippen LogP contribution in [-0.4, -0.2) is 0 Å². The van der Waals surface area contributed by atoms with Gasteiger partial charge in [0.15, 0.2) is 23.3 Å². The third-order valence-electron chi connectivity index (χ3n) is 4.88. The molecule has 0 atom stereocenters. The zero-order chi connectivity index (χ0) is 17.0. The lowest BCUT2D eigenvalue weighted by atomic mass is 9.76. The molecular weight excluding hydrogens is 306 g/mol. The van der Waals surface area contributed by atoms with Gasteiger partial charge >= 0.3 is 0 Å². The molecule has 1 saturated carbocycles. The van der Waals surface area contributed by atoms with E-state index in [2.05, 4.69) is 6.92 Å². The maximum Gasteiger partial charge on any atom is 0.180 e. The summed E-state index contributed by atoms with van der Waals surface area (Å²) in [5.74, 6) is -5.96. The third-order valence-corrected chi connectivity index (χ3v) is 4.88. The lowest BCUT2D eigenvalue weighted by Crippen LogP contribution is -2.18. The standard InChI is InChI=1S/C18H21F4N/c1-2-3-4-5-11-6-8-12(9-7-11)14-17(21)15(19)13(10-23)16(20)18(14)22/h11-12H,2-9H2,1H3/t11-,12-. The topological polar surface area (TPSA) is 23.8 Å². The van der Waals surface area contributed by atoms with Crippen LogP contribution >= 0.6 is 0 Å². The highest BCUT2D eigenvalue weighted by Crippen LogP contribution is 2.41. The Bertz CT molecular complexity index is 569. The van der Waals surface area contributed by atoms with Crippen LogP contribution in [-0.2, 0) is 0 Å². The van der Waals surface area contributed by atoms with Gasteiger partial charge in [0.05, 0.1) is 0 Å². The van der Waals surface area contributed by atoms with Crippen molar-refractivity contribution in [3.05, 3.63) is 34.4 Å². The largest absolute Gasteiger partial charge is 0.203 e. The number of rotatable bonds is 5. The maximum absolute atomic E-state index is 14.1. The number of halogens is 4. The van der Waals surface area contributed by atoms with Gasteiger partial charge in [-0.05, 0) is 37.5 Å². The van der Waals surface area contributed by atoms with E-state index >= 15 is 0 Å². The van der Waals surface area contributed by atoms with Crippen LogP contribution in [0.3, 0.4) is 0 Å². The molecule has 126 valence electrons. The first kappa shape index (κ1) is 17.8. The minimum absolute atomic E-state index is 0.519. The summed E-state index contributed by atoms with van der Waals surface area (Å²) in [6.45, 7) is 2.14. The Morgan fingerprint density at radius 2 is 1.48 bits per heavy atom. The van der Waals surface area contributed by atoms with Crippen LogP contribution in [0.2, 0.25) is 0 Å². The van der Waals surface area contributed by atoms with E-state index in [1.54, 1.807) is 0 Å². The van der Waals surface area contributed by atoms with E-state index in [1.165, 1.54) is 12.5 Å². The summed E-state index contributed by atoms with van der Waals surface area (Å²) in [5, 5.41) is 8.62. The first-order chi connectivity index (χ1) is 11.0. The lowest BCUT2D eigenvalue weighted by molar-refractivity contribution is 0.290. The Morgan fingerprint density at radius 3 is 1.96 bits per heavy atom. The predicted molar refractivity (Wildman–Crippen MR) is 79.8 cm³/mol. The maximum atomic E-state index is 14.1. The zero-order valence-corrected chi connectivity index (χ0v) is 13.3. The van der Waals surface area contributed by atoms with Gasteiger partial charge in [-0.15, -0.1) is 0 Å². The fraction of sp³-hybridized carbons (Fsp3) is 0.611. The molecule has 0 bridgehead atoms. The van der Waals surface area contributed by atoms with Crippen molar-refractivity contribution in [3.8, 4) is 6.07 Å². The average molecular weight is 327 g/mol. The van der Waals surface area contributed by atoms with Crippen molar-refractivity contribution in [2.45, 2.75) is 64.2 Å². The molecule has 1 aliphatic rings. The molecule has 2 rings (SSSR count). The lowest BCUT2D eigenvalue weighted by Gasteiger charge is -2.29. The first-order valence-corrected chi connectivity index (χ1v) is 8.27. The summed E-state index contributed by atoms with van der Waals surface area (Å²) in [5.41, 5.74) is -1.71. The van der Waals surface area contributed by atoms with E-state index in [4.69, 9.17) is 5.26 Å². The van der Waals surface area contributed by atoms with Crippen molar-refractivity contribution in [1.29, 1.82) is 5.26 Å². The van der Waals surface area contributed by atoms with E-state index in [1.807, 2.05) is 0 Å². The third kappa shape index (κ3) is 3.68. The van der Waals surface area contributed by atoms with E-state index in [0.29, 0.717) is 18.8 Å². The van der Waals surface area contributed by atoms with Gasteiger partial charge in [-0.1, -0.05) is 32.6 Å². The van der Waals surface area contributed by atoms with E-state index in [-0.39, 0.29) is 0 Å². The number of hydrogen-bond donors (Lipinski definition) is 0. The molecule has 1 fully saturated rings. The van der Waals surface area contributed by atoms with Gasteiger partial charge in [-0.2, -0.15) is 5.26 Å². The number of benzene rings is 1. The summed E-state index contributed by atoms with van der Waals surface area (Å²) in [6.07, 6.45) is 7.25. The number of nitrogens with zero attached hydrogens (tertiary/aromatic N) is 1. The van der Waals surface area contributed by atoms with Gasteiger partial charge in [0.2, 0.25) is 0 Å². The van der Waals surface area contributed by atoms with Crippen LogP contribution < -0.4 is 0 Å².